The van der Waals surface area contributed by atoms with Crippen LogP contribution in [0.4, 0.5) is 0 Å². The lowest BCUT2D eigenvalue weighted by atomic mass is 10.1. The van der Waals surface area contributed by atoms with Gasteiger partial charge in [0.1, 0.15) is 12.7 Å². The monoisotopic (exact) mass is 378 g/mol. The van der Waals surface area contributed by atoms with Crippen LogP contribution in [0.3, 0.4) is 0 Å². The molecule has 2 aliphatic rings. The molecule has 0 radical (unpaired) electrons. The Labute approximate surface area is 162 Å². The third kappa shape index (κ3) is 6.35. The van der Waals surface area contributed by atoms with Crippen molar-refractivity contribution in [1.29, 1.82) is 0 Å². The van der Waals surface area contributed by atoms with Crippen LogP contribution in [0.1, 0.15) is 37.7 Å². The first-order valence-corrected chi connectivity index (χ1v) is 10.2. The van der Waals surface area contributed by atoms with Gasteiger partial charge in [0, 0.05) is 26.2 Å². The number of benzene rings is 1. The number of ether oxygens (including phenoxy) is 2. The molecule has 1 aromatic carbocycles. The van der Waals surface area contributed by atoms with E-state index in [0.29, 0.717) is 12.3 Å². The fourth-order valence-corrected chi connectivity index (χ4v) is 3.94. The van der Waals surface area contributed by atoms with Gasteiger partial charge in [-0.15, -0.1) is 0 Å². The van der Waals surface area contributed by atoms with Crippen molar-refractivity contribution in [2.24, 2.45) is 0 Å². The van der Waals surface area contributed by atoms with Crippen LogP contribution in [-0.4, -0.2) is 78.7 Å². The Bertz CT molecular complexity index is 569. The summed E-state index contributed by atoms with van der Waals surface area (Å²) in [5, 5.41) is 19.9. The summed E-state index contributed by atoms with van der Waals surface area (Å²) in [5.74, 6) is 1.39. The molecule has 2 saturated heterocycles. The third-order valence-corrected chi connectivity index (χ3v) is 5.54. The number of hydrogen-bond acceptors (Lipinski definition) is 6. The minimum atomic E-state index is -0.557. The van der Waals surface area contributed by atoms with Crippen molar-refractivity contribution < 1.29 is 19.7 Å². The molecule has 2 heterocycles. The number of likely N-dealkylation sites (tertiary alicyclic amines) is 2. The molecule has 6 heteroatoms. The number of β-amino-alcohol motifs (C(OH)–C–C–N with tert-alkyl or cyclic N) is 1. The van der Waals surface area contributed by atoms with Crippen molar-refractivity contribution in [2.75, 3.05) is 46.4 Å². The van der Waals surface area contributed by atoms with Crippen LogP contribution in [0.15, 0.2) is 18.2 Å². The minimum Gasteiger partial charge on any atom is -0.493 e. The number of nitrogens with zero attached hydrogens (tertiary/aromatic N) is 2. The largest absolute Gasteiger partial charge is 0.493 e. The zero-order valence-corrected chi connectivity index (χ0v) is 16.5. The number of hydrogen-bond donors (Lipinski definition) is 2. The SMILES string of the molecule is COc1cc(CN2CCCCC2)ccc1OC[C@H](O)CN1CCC(O)CC1. The van der Waals surface area contributed by atoms with Crippen LogP contribution in [-0.2, 0) is 6.54 Å². The lowest BCUT2D eigenvalue weighted by molar-refractivity contribution is 0.0333. The maximum Gasteiger partial charge on any atom is 0.161 e. The molecular formula is C21H34N2O4. The first-order chi connectivity index (χ1) is 13.1. The van der Waals surface area contributed by atoms with E-state index in [1.54, 1.807) is 7.11 Å². The van der Waals surface area contributed by atoms with Gasteiger partial charge in [-0.25, -0.2) is 0 Å². The van der Waals surface area contributed by atoms with Crippen molar-refractivity contribution in [3.05, 3.63) is 23.8 Å². The summed E-state index contributed by atoms with van der Waals surface area (Å²) in [5.41, 5.74) is 1.23. The van der Waals surface area contributed by atoms with Crippen molar-refractivity contribution in [1.82, 2.24) is 9.80 Å². The zero-order chi connectivity index (χ0) is 19.1. The Morgan fingerprint density at radius 2 is 1.78 bits per heavy atom. The maximum absolute atomic E-state index is 10.3. The normalized spacial score (nSPS) is 21.1. The molecule has 0 unspecified atom stereocenters. The van der Waals surface area contributed by atoms with E-state index in [9.17, 15) is 10.2 Å². The Balaban J connectivity index is 1.48. The molecule has 2 N–H and O–H groups in total. The van der Waals surface area contributed by atoms with E-state index in [4.69, 9.17) is 9.47 Å². The molecule has 152 valence electrons. The standard InChI is InChI=1S/C21H34N2O4/c1-26-21-13-17(14-22-9-3-2-4-10-22)5-6-20(21)27-16-19(25)15-23-11-7-18(24)8-12-23/h5-6,13,18-19,24-25H,2-4,7-12,14-16H2,1H3/t19-/m1/s1. The number of aliphatic hydroxyl groups excluding tert-OH is 2. The predicted octanol–water partition coefficient (Wildman–Crippen LogP) is 1.88. The van der Waals surface area contributed by atoms with E-state index in [1.807, 2.05) is 12.1 Å². The Morgan fingerprint density at radius 1 is 1.04 bits per heavy atom. The molecule has 0 spiro atoms. The molecule has 0 aliphatic carbocycles. The number of methoxy groups -OCH3 is 1. The number of rotatable bonds is 8. The molecule has 0 amide bonds. The van der Waals surface area contributed by atoms with Crippen molar-refractivity contribution in [3.63, 3.8) is 0 Å². The summed E-state index contributed by atoms with van der Waals surface area (Å²) in [6.45, 7) is 5.74. The maximum atomic E-state index is 10.3. The van der Waals surface area contributed by atoms with Gasteiger partial charge in [-0.05, 0) is 56.5 Å². The van der Waals surface area contributed by atoms with E-state index in [1.165, 1.54) is 37.9 Å². The van der Waals surface area contributed by atoms with Crippen molar-refractivity contribution >= 4 is 0 Å². The highest BCUT2D eigenvalue weighted by Gasteiger charge is 2.20. The molecule has 2 fully saturated rings. The highest BCUT2D eigenvalue weighted by molar-refractivity contribution is 5.43. The summed E-state index contributed by atoms with van der Waals surface area (Å²) in [6, 6.07) is 6.08. The summed E-state index contributed by atoms with van der Waals surface area (Å²) in [7, 11) is 1.66. The van der Waals surface area contributed by atoms with Crippen LogP contribution < -0.4 is 9.47 Å². The smallest absolute Gasteiger partial charge is 0.161 e. The molecular weight excluding hydrogens is 344 g/mol. The van der Waals surface area contributed by atoms with Gasteiger partial charge in [0.25, 0.3) is 0 Å². The average molecular weight is 379 g/mol. The summed E-state index contributed by atoms with van der Waals surface area (Å²) in [6.07, 6.45) is 4.71. The lowest BCUT2D eigenvalue weighted by Crippen LogP contribution is -2.41. The molecule has 0 saturated carbocycles. The van der Waals surface area contributed by atoms with Gasteiger partial charge in [-0.3, -0.25) is 4.90 Å². The topological polar surface area (TPSA) is 65.4 Å². The van der Waals surface area contributed by atoms with Gasteiger partial charge in [0.05, 0.1) is 13.2 Å². The van der Waals surface area contributed by atoms with Gasteiger partial charge in [-0.1, -0.05) is 12.5 Å². The fraction of sp³-hybridized carbons (Fsp3) is 0.714. The molecule has 2 aliphatic heterocycles. The average Bonchev–Trinajstić information content (AvgIpc) is 2.69. The van der Waals surface area contributed by atoms with E-state index in [2.05, 4.69) is 15.9 Å². The van der Waals surface area contributed by atoms with E-state index >= 15 is 0 Å². The lowest BCUT2D eigenvalue weighted by Gasteiger charge is -2.31. The molecule has 3 rings (SSSR count). The van der Waals surface area contributed by atoms with E-state index in [0.717, 1.165) is 38.2 Å². The third-order valence-electron chi connectivity index (χ3n) is 5.54. The molecule has 6 nitrogen and oxygen atoms in total. The number of piperidine rings is 2. The highest BCUT2D eigenvalue weighted by Crippen LogP contribution is 2.29. The molecule has 27 heavy (non-hydrogen) atoms. The quantitative estimate of drug-likeness (QED) is 0.720. The molecule has 1 atom stereocenters. The Morgan fingerprint density at radius 3 is 2.48 bits per heavy atom. The predicted molar refractivity (Wildman–Crippen MR) is 105 cm³/mol. The second kappa shape index (κ2) is 10.3. The Hall–Kier alpha value is -1.34. The van der Waals surface area contributed by atoms with Crippen molar-refractivity contribution in [2.45, 2.75) is 50.9 Å². The van der Waals surface area contributed by atoms with Crippen molar-refractivity contribution in [3.8, 4) is 11.5 Å². The summed E-state index contributed by atoms with van der Waals surface area (Å²) < 4.78 is 11.3. The van der Waals surface area contributed by atoms with Gasteiger partial charge in [-0.2, -0.15) is 0 Å². The minimum absolute atomic E-state index is 0.192. The van der Waals surface area contributed by atoms with Crippen LogP contribution in [0.25, 0.3) is 0 Å². The fourth-order valence-electron chi connectivity index (χ4n) is 3.94. The van der Waals surface area contributed by atoms with E-state index < -0.39 is 6.10 Å². The summed E-state index contributed by atoms with van der Waals surface area (Å²) >= 11 is 0. The van der Waals surface area contributed by atoms with Gasteiger partial charge >= 0.3 is 0 Å². The van der Waals surface area contributed by atoms with Crippen LogP contribution in [0.2, 0.25) is 0 Å². The zero-order valence-electron chi connectivity index (χ0n) is 16.5. The highest BCUT2D eigenvalue weighted by atomic mass is 16.5. The summed E-state index contributed by atoms with van der Waals surface area (Å²) in [4.78, 5) is 4.66. The van der Waals surface area contributed by atoms with Crippen LogP contribution in [0, 0.1) is 0 Å². The van der Waals surface area contributed by atoms with Gasteiger partial charge < -0.3 is 24.6 Å². The van der Waals surface area contributed by atoms with Gasteiger partial charge in [0.15, 0.2) is 11.5 Å². The second-order valence-electron chi connectivity index (χ2n) is 7.82. The van der Waals surface area contributed by atoms with E-state index in [-0.39, 0.29) is 12.7 Å². The number of aliphatic hydroxyl groups is 2. The first kappa shape index (κ1) is 20.4. The first-order valence-electron chi connectivity index (χ1n) is 10.2. The Kier molecular flexibility index (Phi) is 7.76. The molecule has 1 aromatic rings. The molecule has 0 bridgehead atoms. The van der Waals surface area contributed by atoms with Crippen LogP contribution >= 0.6 is 0 Å². The van der Waals surface area contributed by atoms with Gasteiger partial charge in [0.2, 0.25) is 0 Å². The second-order valence-corrected chi connectivity index (χ2v) is 7.82. The molecule has 0 aromatic heterocycles. The van der Waals surface area contributed by atoms with Crippen LogP contribution in [0.5, 0.6) is 11.5 Å².